The highest BCUT2D eigenvalue weighted by atomic mass is 32.2. The molecule has 0 unspecified atom stereocenters. The Kier molecular flexibility index (Phi) is 3.75. The first-order valence-electron chi connectivity index (χ1n) is 8.38. The molecule has 0 aliphatic heterocycles. The molecule has 8 heteroatoms. The van der Waals surface area contributed by atoms with Gasteiger partial charge in [0.15, 0.2) is 5.82 Å². The lowest BCUT2D eigenvalue weighted by Gasteiger charge is -2.27. The van der Waals surface area contributed by atoms with Crippen LogP contribution in [0.25, 0.3) is 0 Å². The molecule has 2 saturated carbocycles. The highest BCUT2D eigenvalue weighted by molar-refractivity contribution is 7.89. The molecule has 25 heavy (non-hydrogen) atoms. The minimum absolute atomic E-state index is 0.109. The third kappa shape index (κ3) is 2.88. The molecule has 0 bridgehead atoms. The van der Waals surface area contributed by atoms with E-state index in [0.29, 0.717) is 24.6 Å². The molecular weight excluding hydrogens is 342 g/mol. The fraction of sp³-hybridized carbons (Fsp3) is 0.529. The number of sulfonamides is 1. The number of aliphatic hydroxyl groups is 1. The number of hydrogen-bond donors (Lipinski definition) is 2. The minimum atomic E-state index is -3.59. The van der Waals surface area contributed by atoms with Crippen molar-refractivity contribution < 1.29 is 18.0 Å². The molecule has 2 N–H and O–H groups in total. The molecule has 1 aromatic heterocycles. The second-order valence-electron chi connectivity index (χ2n) is 7.52. The summed E-state index contributed by atoms with van der Waals surface area (Å²) in [6.45, 7) is 3.97. The Bertz CT molecular complexity index is 872. The van der Waals surface area contributed by atoms with Crippen molar-refractivity contribution >= 4 is 10.0 Å². The van der Waals surface area contributed by atoms with E-state index in [1.807, 2.05) is 13.8 Å². The van der Waals surface area contributed by atoms with E-state index in [9.17, 15) is 13.5 Å². The summed E-state index contributed by atoms with van der Waals surface area (Å²) in [5.74, 6) is 1.04. The van der Waals surface area contributed by atoms with Crippen molar-refractivity contribution in [2.45, 2.75) is 55.6 Å². The quantitative estimate of drug-likeness (QED) is 0.839. The molecule has 2 fully saturated rings. The number of hydrogen-bond acceptors (Lipinski definition) is 6. The van der Waals surface area contributed by atoms with Crippen LogP contribution in [-0.4, -0.2) is 35.8 Å². The topological polar surface area (TPSA) is 105 Å². The monoisotopic (exact) mass is 363 g/mol. The van der Waals surface area contributed by atoms with E-state index in [0.717, 1.165) is 0 Å². The predicted octanol–water partition coefficient (Wildman–Crippen LogP) is 1.78. The highest BCUT2D eigenvalue weighted by Crippen LogP contribution is 2.58. The Hall–Kier alpha value is -1.77. The van der Waals surface area contributed by atoms with E-state index in [4.69, 9.17) is 4.52 Å². The van der Waals surface area contributed by atoms with E-state index in [1.54, 1.807) is 30.3 Å². The Morgan fingerprint density at radius 2 is 1.92 bits per heavy atom. The number of nitrogens with one attached hydrogen (secondary N) is 1. The fourth-order valence-corrected chi connectivity index (χ4v) is 4.93. The third-order valence-electron chi connectivity index (χ3n) is 5.36. The van der Waals surface area contributed by atoms with Gasteiger partial charge in [0, 0.05) is 17.9 Å². The smallest absolute Gasteiger partial charge is 0.240 e. The molecule has 0 saturated heterocycles. The lowest BCUT2D eigenvalue weighted by atomic mass is 9.82. The van der Waals surface area contributed by atoms with Gasteiger partial charge in [-0.3, -0.25) is 0 Å². The van der Waals surface area contributed by atoms with Crippen molar-refractivity contribution in [3.63, 3.8) is 0 Å². The summed E-state index contributed by atoms with van der Waals surface area (Å²) in [5.41, 5.74) is -0.290. The predicted molar refractivity (Wildman–Crippen MR) is 89.4 cm³/mol. The molecule has 2 atom stereocenters. The second kappa shape index (κ2) is 5.62. The number of rotatable bonds is 5. The van der Waals surface area contributed by atoms with Crippen molar-refractivity contribution in [2.24, 2.45) is 5.41 Å². The summed E-state index contributed by atoms with van der Waals surface area (Å²) < 4.78 is 33.2. The van der Waals surface area contributed by atoms with E-state index >= 15 is 0 Å². The van der Waals surface area contributed by atoms with Crippen molar-refractivity contribution in [2.75, 3.05) is 0 Å². The van der Waals surface area contributed by atoms with Gasteiger partial charge in [-0.05, 0) is 30.4 Å². The summed E-state index contributed by atoms with van der Waals surface area (Å²) in [6, 6.07) is 8.03. The Morgan fingerprint density at radius 1 is 1.24 bits per heavy atom. The lowest BCUT2D eigenvalue weighted by molar-refractivity contribution is 0.0625. The zero-order valence-electron chi connectivity index (χ0n) is 14.1. The number of nitrogens with zero attached hydrogens (tertiary/aromatic N) is 2. The molecule has 0 amide bonds. The molecule has 134 valence electrons. The Balaban J connectivity index is 1.51. The van der Waals surface area contributed by atoms with Gasteiger partial charge < -0.3 is 9.63 Å². The summed E-state index contributed by atoms with van der Waals surface area (Å²) in [6.07, 6.45) is 0.989. The molecule has 1 heterocycles. The van der Waals surface area contributed by atoms with E-state index in [1.165, 1.54) is 0 Å². The minimum Gasteiger partial charge on any atom is -0.393 e. The summed E-state index contributed by atoms with van der Waals surface area (Å²) >= 11 is 0. The van der Waals surface area contributed by atoms with Crippen LogP contribution < -0.4 is 4.72 Å². The van der Waals surface area contributed by atoms with E-state index < -0.39 is 10.0 Å². The van der Waals surface area contributed by atoms with Gasteiger partial charge in [-0.1, -0.05) is 37.2 Å². The fourth-order valence-electron chi connectivity index (χ4n) is 3.50. The van der Waals surface area contributed by atoms with Crippen LogP contribution in [0, 0.1) is 5.41 Å². The van der Waals surface area contributed by atoms with Gasteiger partial charge in [-0.15, -0.1) is 0 Å². The van der Waals surface area contributed by atoms with Crippen molar-refractivity contribution in [3.05, 3.63) is 42.0 Å². The van der Waals surface area contributed by atoms with Crippen molar-refractivity contribution in [1.82, 2.24) is 14.9 Å². The van der Waals surface area contributed by atoms with E-state index in [2.05, 4.69) is 14.9 Å². The standard InChI is InChI=1S/C17H21N3O4S/c1-17(2)13(15-18-16(24-19-15)10-8-11(21)9-10)14(17)20-25(22,23)12-6-4-3-5-7-12/h3-7,10-11,13-14,20-21H,8-9H2,1-2H3/t10?,11?,13-,14-/m0/s1. The van der Waals surface area contributed by atoms with Crippen LogP contribution in [-0.2, 0) is 10.0 Å². The largest absolute Gasteiger partial charge is 0.393 e. The second-order valence-corrected chi connectivity index (χ2v) is 9.24. The van der Waals surface area contributed by atoms with Crippen molar-refractivity contribution in [3.8, 4) is 0 Å². The first-order chi connectivity index (χ1) is 11.8. The Labute approximate surface area is 146 Å². The van der Waals surface area contributed by atoms with Crippen LogP contribution in [0.15, 0.2) is 39.8 Å². The third-order valence-corrected chi connectivity index (χ3v) is 6.82. The van der Waals surface area contributed by atoms with Gasteiger partial charge in [0.2, 0.25) is 15.9 Å². The average Bonchev–Trinajstić information content (AvgIpc) is 2.88. The van der Waals surface area contributed by atoms with Crippen LogP contribution in [0.5, 0.6) is 0 Å². The first-order valence-corrected chi connectivity index (χ1v) is 9.86. The molecule has 4 rings (SSSR count). The normalized spacial score (nSPS) is 30.7. The number of aliphatic hydroxyl groups excluding tert-OH is 1. The Morgan fingerprint density at radius 3 is 2.56 bits per heavy atom. The molecular formula is C17H21N3O4S. The maximum Gasteiger partial charge on any atom is 0.240 e. The molecule has 2 aromatic rings. The van der Waals surface area contributed by atoms with Crippen molar-refractivity contribution in [1.29, 1.82) is 0 Å². The van der Waals surface area contributed by atoms with Gasteiger partial charge >= 0.3 is 0 Å². The highest BCUT2D eigenvalue weighted by Gasteiger charge is 2.62. The lowest BCUT2D eigenvalue weighted by Crippen LogP contribution is -2.29. The number of aromatic nitrogens is 2. The zero-order chi connectivity index (χ0) is 17.8. The van der Waals surface area contributed by atoms with Crippen LogP contribution in [0.1, 0.15) is 50.2 Å². The van der Waals surface area contributed by atoms with Gasteiger partial charge in [0.25, 0.3) is 0 Å². The van der Waals surface area contributed by atoms with E-state index in [-0.39, 0.29) is 34.3 Å². The summed E-state index contributed by atoms with van der Waals surface area (Å²) in [5, 5.41) is 13.5. The zero-order valence-corrected chi connectivity index (χ0v) is 14.9. The number of benzene rings is 1. The molecule has 2 aliphatic carbocycles. The molecule has 0 radical (unpaired) electrons. The summed E-state index contributed by atoms with van der Waals surface area (Å²) in [4.78, 5) is 4.70. The SMILES string of the molecule is CC1(C)[C@H](c2noc(C3CC(O)C3)n2)[C@@H]1NS(=O)(=O)c1ccccc1. The molecule has 7 nitrogen and oxygen atoms in total. The van der Waals surface area contributed by atoms with Gasteiger partial charge in [0.1, 0.15) is 0 Å². The maximum atomic E-state index is 12.5. The summed E-state index contributed by atoms with van der Waals surface area (Å²) in [7, 11) is -3.59. The first kappa shape index (κ1) is 16.7. The van der Waals surface area contributed by atoms with Gasteiger partial charge in [-0.25, -0.2) is 13.1 Å². The van der Waals surface area contributed by atoms with Crippen LogP contribution in [0.4, 0.5) is 0 Å². The van der Waals surface area contributed by atoms with Gasteiger partial charge in [0.05, 0.1) is 11.0 Å². The average molecular weight is 363 g/mol. The molecule has 2 aliphatic rings. The van der Waals surface area contributed by atoms with Crippen LogP contribution in [0.2, 0.25) is 0 Å². The van der Waals surface area contributed by atoms with Crippen LogP contribution >= 0.6 is 0 Å². The van der Waals surface area contributed by atoms with Crippen LogP contribution in [0.3, 0.4) is 0 Å². The molecule has 1 aromatic carbocycles. The maximum absolute atomic E-state index is 12.5. The van der Waals surface area contributed by atoms with Gasteiger partial charge in [-0.2, -0.15) is 4.98 Å². The molecule has 0 spiro atoms.